The van der Waals surface area contributed by atoms with Gasteiger partial charge in [0.05, 0.1) is 0 Å². The van der Waals surface area contributed by atoms with Crippen molar-refractivity contribution in [3.05, 3.63) is 58.7 Å². The van der Waals surface area contributed by atoms with Gasteiger partial charge >= 0.3 is 12.2 Å². The van der Waals surface area contributed by atoms with Crippen molar-refractivity contribution in [2.45, 2.75) is 19.3 Å². The zero-order valence-electron chi connectivity index (χ0n) is 13.9. The maximum absolute atomic E-state index is 12.1. The molecular weight excluding hydrogens is 371 g/mol. The number of carbonyl (C=O) groups is 1. The topological polar surface area (TPSA) is 54.5 Å². The highest BCUT2D eigenvalue weighted by Gasteiger charge is 2.28. The van der Waals surface area contributed by atoms with Crippen molar-refractivity contribution in [3.8, 4) is 5.88 Å². The van der Waals surface area contributed by atoms with E-state index in [-0.39, 0.29) is 18.5 Å². The van der Waals surface area contributed by atoms with Crippen molar-refractivity contribution in [3.63, 3.8) is 0 Å². The van der Waals surface area contributed by atoms with Crippen molar-refractivity contribution >= 4 is 17.6 Å². The summed E-state index contributed by atoms with van der Waals surface area (Å²) in [6, 6.07) is 9.75. The van der Waals surface area contributed by atoms with Crippen LogP contribution in [0.4, 0.5) is 18.0 Å². The Hall–Kier alpha value is -2.48. The Labute approximate surface area is 153 Å². The van der Waals surface area contributed by atoms with Gasteiger partial charge in [0.1, 0.15) is 0 Å². The van der Waals surface area contributed by atoms with E-state index in [1.165, 1.54) is 23.2 Å². The van der Waals surface area contributed by atoms with Gasteiger partial charge in [-0.1, -0.05) is 35.9 Å². The first-order valence-corrected chi connectivity index (χ1v) is 7.99. The lowest BCUT2D eigenvalue weighted by Gasteiger charge is -2.18. The van der Waals surface area contributed by atoms with Crippen molar-refractivity contribution in [1.29, 1.82) is 0 Å². The van der Waals surface area contributed by atoms with E-state index < -0.39 is 12.8 Å². The third-order valence-corrected chi connectivity index (χ3v) is 3.71. The molecule has 0 bridgehead atoms. The van der Waals surface area contributed by atoms with Gasteiger partial charge in [-0.2, -0.15) is 13.2 Å². The van der Waals surface area contributed by atoms with Crippen LogP contribution in [0.1, 0.15) is 11.1 Å². The number of nitrogens with one attached hydrogen (secondary N) is 1. The number of pyridine rings is 1. The third kappa shape index (κ3) is 6.44. The molecule has 0 aliphatic heterocycles. The summed E-state index contributed by atoms with van der Waals surface area (Å²) < 4.78 is 40.7. The van der Waals surface area contributed by atoms with Gasteiger partial charge in [0, 0.05) is 37.4 Å². The zero-order chi connectivity index (χ0) is 19.2. The molecule has 0 radical (unpaired) electrons. The molecule has 0 aliphatic carbocycles. The molecule has 26 heavy (non-hydrogen) atoms. The lowest BCUT2D eigenvalue weighted by Crippen LogP contribution is -2.36. The third-order valence-electron chi connectivity index (χ3n) is 3.34. The van der Waals surface area contributed by atoms with Gasteiger partial charge in [-0.3, -0.25) is 0 Å². The Morgan fingerprint density at radius 1 is 1.27 bits per heavy atom. The molecule has 2 amide bonds. The van der Waals surface area contributed by atoms with Gasteiger partial charge in [-0.05, 0) is 17.2 Å². The van der Waals surface area contributed by atoms with E-state index in [2.05, 4.69) is 15.0 Å². The maximum Gasteiger partial charge on any atom is 0.422 e. The molecule has 0 saturated carbocycles. The van der Waals surface area contributed by atoms with E-state index in [1.807, 2.05) is 12.1 Å². The molecule has 1 N–H and O–H groups in total. The summed E-state index contributed by atoms with van der Waals surface area (Å²) in [6.45, 7) is -0.880. The van der Waals surface area contributed by atoms with Crippen molar-refractivity contribution in [1.82, 2.24) is 15.2 Å². The summed E-state index contributed by atoms with van der Waals surface area (Å²) in [6.07, 6.45) is -3.07. The first-order chi connectivity index (χ1) is 12.2. The van der Waals surface area contributed by atoms with Gasteiger partial charge in [-0.15, -0.1) is 0 Å². The molecule has 0 atom stereocenters. The second-order valence-corrected chi connectivity index (χ2v) is 5.92. The molecule has 0 fully saturated rings. The van der Waals surface area contributed by atoms with Gasteiger partial charge < -0.3 is 15.0 Å². The Kier molecular flexibility index (Phi) is 6.68. The van der Waals surface area contributed by atoms with E-state index in [0.717, 1.165) is 5.56 Å². The largest absolute Gasteiger partial charge is 0.468 e. The van der Waals surface area contributed by atoms with Gasteiger partial charge in [-0.25, -0.2) is 9.78 Å². The van der Waals surface area contributed by atoms with Crippen LogP contribution >= 0.6 is 11.6 Å². The van der Waals surface area contributed by atoms with Crippen molar-refractivity contribution in [2.24, 2.45) is 0 Å². The molecular formula is C17H17ClF3N3O2. The molecule has 140 valence electrons. The van der Waals surface area contributed by atoms with E-state index >= 15 is 0 Å². The number of carbonyl (C=O) groups excluding carboxylic acids is 1. The number of urea groups is 1. The van der Waals surface area contributed by atoms with Crippen LogP contribution in [0.5, 0.6) is 5.88 Å². The van der Waals surface area contributed by atoms with Gasteiger partial charge in [0.15, 0.2) is 6.61 Å². The highest BCUT2D eigenvalue weighted by Crippen LogP contribution is 2.18. The van der Waals surface area contributed by atoms with Crippen LogP contribution in [0.25, 0.3) is 0 Å². The van der Waals surface area contributed by atoms with Crippen LogP contribution in [-0.4, -0.2) is 35.7 Å². The van der Waals surface area contributed by atoms with E-state index in [4.69, 9.17) is 11.6 Å². The smallest absolute Gasteiger partial charge is 0.422 e. The van der Waals surface area contributed by atoms with Crippen LogP contribution in [0, 0.1) is 0 Å². The molecule has 0 spiro atoms. The minimum Gasteiger partial charge on any atom is -0.468 e. The Bertz CT molecular complexity index is 739. The number of aromatic nitrogens is 1. The van der Waals surface area contributed by atoms with Crippen molar-refractivity contribution < 1.29 is 22.7 Å². The van der Waals surface area contributed by atoms with Crippen molar-refractivity contribution in [2.75, 3.05) is 13.7 Å². The van der Waals surface area contributed by atoms with Crippen LogP contribution in [0.2, 0.25) is 5.02 Å². The fourth-order valence-electron chi connectivity index (χ4n) is 2.02. The number of halogens is 4. The fraction of sp³-hybridized carbons (Fsp3) is 0.294. The first kappa shape index (κ1) is 19.8. The van der Waals surface area contributed by atoms with Gasteiger partial charge in [0.2, 0.25) is 5.88 Å². The number of hydrogen-bond acceptors (Lipinski definition) is 3. The summed E-state index contributed by atoms with van der Waals surface area (Å²) >= 11 is 6.07. The molecule has 0 aliphatic rings. The minimum absolute atomic E-state index is 0.131. The second-order valence-electron chi connectivity index (χ2n) is 5.51. The summed E-state index contributed by atoms with van der Waals surface area (Å²) in [5.41, 5.74) is 1.45. The average Bonchev–Trinajstić information content (AvgIpc) is 2.60. The average molecular weight is 388 g/mol. The number of ether oxygens (including phenoxy) is 1. The Morgan fingerprint density at radius 2 is 2.00 bits per heavy atom. The minimum atomic E-state index is -4.42. The van der Waals surface area contributed by atoms with E-state index in [9.17, 15) is 18.0 Å². The predicted octanol–water partition coefficient (Wildman–Crippen LogP) is 4.02. The second kappa shape index (κ2) is 8.75. The number of amides is 2. The number of rotatable bonds is 6. The monoisotopic (exact) mass is 387 g/mol. The Balaban J connectivity index is 1.82. The van der Waals surface area contributed by atoms with Crippen LogP contribution in [0.3, 0.4) is 0 Å². The lowest BCUT2D eigenvalue weighted by molar-refractivity contribution is -0.154. The van der Waals surface area contributed by atoms with Gasteiger partial charge in [0.25, 0.3) is 0 Å². The quantitative estimate of drug-likeness (QED) is 0.814. The number of benzene rings is 1. The highest BCUT2D eigenvalue weighted by molar-refractivity contribution is 6.31. The number of nitrogens with zero attached hydrogens (tertiary/aromatic N) is 2. The fourth-order valence-corrected chi connectivity index (χ4v) is 2.22. The number of hydrogen-bond donors (Lipinski definition) is 1. The van der Waals surface area contributed by atoms with Crippen LogP contribution in [0.15, 0.2) is 42.6 Å². The normalized spacial score (nSPS) is 11.1. The molecule has 5 nitrogen and oxygen atoms in total. The zero-order valence-corrected chi connectivity index (χ0v) is 14.6. The predicted molar refractivity (Wildman–Crippen MR) is 90.9 cm³/mol. The molecule has 2 aromatic rings. The molecule has 0 saturated heterocycles. The highest BCUT2D eigenvalue weighted by atomic mass is 35.5. The standard InChI is InChI=1S/C17H17ClF3N3O2/c1-24(10-13-4-2-3-5-14(13)18)16(25)23-9-12-6-7-15(22-8-12)26-11-17(19,20)21/h2-8H,9-11H2,1H3,(H,23,25). The summed E-state index contributed by atoms with van der Waals surface area (Å²) in [4.78, 5) is 17.4. The lowest BCUT2D eigenvalue weighted by atomic mass is 10.2. The first-order valence-electron chi connectivity index (χ1n) is 7.61. The van der Waals surface area contributed by atoms with E-state index in [1.54, 1.807) is 19.2 Å². The molecule has 2 rings (SSSR count). The summed E-state index contributed by atoms with van der Waals surface area (Å²) in [5.74, 6) is -0.131. The molecule has 9 heteroatoms. The van der Waals surface area contributed by atoms with Crippen LogP contribution < -0.4 is 10.1 Å². The summed E-state index contributed by atoms with van der Waals surface area (Å²) in [5, 5.41) is 3.27. The molecule has 1 aromatic heterocycles. The number of alkyl halides is 3. The van der Waals surface area contributed by atoms with E-state index in [0.29, 0.717) is 17.1 Å². The summed E-state index contributed by atoms with van der Waals surface area (Å²) in [7, 11) is 1.63. The maximum atomic E-state index is 12.1. The Morgan fingerprint density at radius 3 is 2.62 bits per heavy atom. The van der Waals surface area contributed by atoms with Crippen LogP contribution in [-0.2, 0) is 13.1 Å². The molecule has 1 aromatic carbocycles. The molecule has 1 heterocycles. The molecule has 0 unspecified atom stereocenters. The SMILES string of the molecule is CN(Cc1ccccc1Cl)C(=O)NCc1ccc(OCC(F)(F)F)nc1.